The Hall–Kier alpha value is -0.870. The van der Waals surface area contributed by atoms with Crippen molar-refractivity contribution in [1.82, 2.24) is 9.80 Å². The zero-order valence-electron chi connectivity index (χ0n) is 11.5. The normalized spacial score (nSPS) is 25.2. The highest BCUT2D eigenvalue weighted by Gasteiger charge is 2.23. The molecule has 2 fully saturated rings. The number of nitrogens with zero attached hydrogens (tertiary/aromatic N) is 2. The summed E-state index contributed by atoms with van der Waals surface area (Å²) in [5, 5.41) is 0. The zero-order chi connectivity index (χ0) is 13.0. The standard InChI is InChI=1S/C14H24N2O2/c1-12(2)10-14(17)16-7-5-15(6-8-16)11-13-4-3-9-18-13/h10,13H,3-9,11H2,1-2H3. The number of carbonyl (C=O) groups is 1. The molecule has 1 unspecified atom stereocenters. The van der Waals surface area contributed by atoms with Crippen LogP contribution in [0.15, 0.2) is 11.6 Å². The third-order valence-electron chi connectivity index (χ3n) is 3.58. The minimum atomic E-state index is 0.159. The van der Waals surface area contributed by atoms with Crippen molar-refractivity contribution in [1.29, 1.82) is 0 Å². The SMILES string of the molecule is CC(C)=CC(=O)N1CCN(CC2CCCO2)CC1. The Labute approximate surface area is 110 Å². The molecular weight excluding hydrogens is 228 g/mol. The molecule has 0 aliphatic carbocycles. The Morgan fingerprint density at radius 3 is 2.56 bits per heavy atom. The molecule has 2 heterocycles. The van der Waals surface area contributed by atoms with Gasteiger partial charge < -0.3 is 9.64 Å². The van der Waals surface area contributed by atoms with Crippen LogP contribution in [-0.2, 0) is 9.53 Å². The molecule has 0 aromatic rings. The van der Waals surface area contributed by atoms with Crippen LogP contribution in [0.4, 0.5) is 0 Å². The number of hydrogen-bond acceptors (Lipinski definition) is 3. The van der Waals surface area contributed by atoms with Crippen LogP contribution in [-0.4, -0.2) is 61.1 Å². The molecule has 0 aromatic carbocycles. The van der Waals surface area contributed by atoms with Crippen LogP contribution in [0.1, 0.15) is 26.7 Å². The largest absolute Gasteiger partial charge is 0.377 e. The van der Waals surface area contributed by atoms with Crippen molar-refractivity contribution in [3.8, 4) is 0 Å². The first-order valence-electron chi connectivity index (χ1n) is 6.93. The van der Waals surface area contributed by atoms with E-state index in [0.717, 1.165) is 44.9 Å². The fourth-order valence-corrected chi connectivity index (χ4v) is 2.57. The van der Waals surface area contributed by atoms with E-state index in [1.54, 1.807) is 6.08 Å². The summed E-state index contributed by atoms with van der Waals surface area (Å²) in [5.41, 5.74) is 1.07. The molecule has 0 radical (unpaired) electrons. The highest BCUT2D eigenvalue weighted by Crippen LogP contribution is 2.14. The van der Waals surface area contributed by atoms with Gasteiger partial charge in [0, 0.05) is 45.4 Å². The van der Waals surface area contributed by atoms with Gasteiger partial charge in [0.2, 0.25) is 5.91 Å². The van der Waals surface area contributed by atoms with E-state index in [-0.39, 0.29) is 5.91 Å². The van der Waals surface area contributed by atoms with Crippen LogP contribution < -0.4 is 0 Å². The predicted molar refractivity (Wildman–Crippen MR) is 71.4 cm³/mol. The third-order valence-corrected chi connectivity index (χ3v) is 3.58. The van der Waals surface area contributed by atoms with Gasteiger partial charge >= 0.3 is 0 Å². The van der Waals surface area contributed by atoms with E-state index in [1.165, 1.54) is 12.8 Å². The summed E-state index contributed by atoms with van der Waals surface area (Å²) in [5.74, 6) is 0.159. The van der Waals surface area contributed by atoms with Gasteiger partial charge in [-0.05, 0) is 26.7 Å². The van der Waals surface area contributed by atoms with Gasteiger partial charge in [-0.15, -0.1) is 0 Å². The lowest BCUT2D eigenvalue weighted by Gasteiger charge is -2.35. The Morgan fingerprint density at radius 2 is 2.00 bits per heavy atom. The summed E-state index contributed by atoms with van der Waals surface area (Å²) < 4.78 is 5.65. The summed E-state index contributed by atoms with van der Waals surface area (Å²) in [6.07, 6.45) is 4.54. The van der Waals surface area contributed by atoms with Crippen LogP contribution in [0, 0.1) is 0 Å². The molecule has 0 N–H and O–H groups in total. The average molecular weight is 252 g/mol. The summed E-state index contributed by atoms with van der Waals surface area (Å²) in [7, 11) is 0. The van der Waals surface area contributed by atoms with E-state index in [2.05, 4.69) is 4.90 Å². The maximum absolute atomic E-state index is 11.9. The molecule has 4 heteroatoms. The van der Waals surface area contributed by atoms with E-state index < -0.39 is 0 Å². The summed E-state index contributed by atoms with van der Waals surface area (Å²) in [4.78, 5) is 16.2. The second-order valence-electron chi connectivity index (χ2n) is 5.48. The first-order valence-corrected chi connectivity index (χ1v) is 6.93. The van der Waals surface area contributed by atoms with E-state index in [4.69, 9.17) is 4.74 Å². The summed E-state index contributed by atoms with van der Waals surface area (Å²) in [6, 6.07) is 0. The monoisotopic (exact) mass is 252 g/mol. The Bertz CT molecular complexity index is 310. The maximum Gasteiger partial charge on any atom is 0.246 e. The van der Waals surface area contributed by atoms with Crippen molar-refractivity contribution in [2.75, 3.05) is 39.3 Å². The number of piperazine rings is 1. The van der Waals surface area contributed by atoms with Gasteiger partial charge in [0.25, 0.3) is 0 Å². The van der Waals surface area contributed by atoms with E-state index in [1.807, 2.05) is 18.7 Å². The molecule has 18 heavy (non-hydrogen) atoms. The lowest BCUT2D eigenvalue weighted by Crippen LogP contribution is -2.50. The molecule has 1 amide bonds. The maximum atomic E-state index is 11.9. The summed E-state index contributed by atoms with van der Waals surface area (Å²) >= 11 is 0. The first-order chi connectivity index (χ1) is 8.65. The lowest BCUT2D eigenvalue weighted by molar-refractivity contribution is -0.127. The highest BCUT2D eigenvalue weighted by molar-refractivity contribution is 5.88. The number of amides is 1. The number of allylic oxidation sites excluding steroid dienone is 1. The van der Waals surface area contributed by atoms with Crippen molar-refractivity contribution in [2.45, 2.75) is 32.8 Å². The molecule has 102 valence electrons. The fraction of sp³-hybridized carbons (Fsp3) is 0.786. The van der Waals surface area contributed by atoms with E-state index >= 15 is 0 Å². The minimum absolute atomic E-state index is 0.159. The van der Waals surface area contributed by atoms with Gasteiger partial charge in [-0.2, -0.15) is 0 Å². The quantitative estimate of drug-likeness (QED) is 0.709. The number of ether oxygens (including phenoxy) is 1. The molecule has 2 aliphatic heterocycles. The molecule has 0 saturated carbocycles. The summed E-state index contributed by atoms with van der Waals surface area (Å²) in [6.45, 7) is 9.51. The van der Waals surface area contributed by atoms with Gasteiger partial charge in [-0.1, -0.05) is 5.57 Å². The van der Waals surface area contributed by atoms with Gasteiger partial charge in [0.1, 0.15) is 0 Å². The van der Waals surface area contributed by atoms with Crippen molar-refractivity contribution in [3.63, 3.8) is 0 Å². The number of hydrogen-bond donors (Lipinski definition) is 0. The minimum Gasteiger partial charge on any atom is -0.377 e. The number of carbonyl (C=O) groups excluding carboxylic acids is 1. The second-order valence-corrected chi connectivity index (χ2v) is 5.48. The van der Waals surface area contributed by atoms with Crippen molar-refractivity contribution in [3.05, 3.63) is 11.6 Å². The third kappa shape index (κ3) is 3.82. The molecule has 1 atom stereocenters. The van der Waals surface area contributed by atoms with Gasteiger partial charge in [0.05, 0.1) is 6.10 Å². The second kappa shape index (κ2) is 6.34. The fourth-order valence-electron chi connectivity index (χ4n) is 2.57. The number of rotatable bonds is 3. The lowest BCUT2D eigenvalue weighted by atomic mass is 10.2. The van der Waals surface area contributed by atoms with E-state index in [9.17, 15) is 4.79 Å². The smallest absolute Gasteiger partial charge is 0.246 e. The van der Waals surface area contributed by atoms with Crippen molar-refractivity contribution < 1.29 is 9.53 Å². The highest BCUT2D eigenvalue weighted by atomic mass is 16.5. The van der Waals surface area contributed by atoms with Gasteiger partial charge in [0.15, 0.2) is 0 Å². The molecule has 2 saturated heterocycles. The van der Waals surface area contributed by atoms with Crippen molar-refractivity contribution >= 4 is 5.91 Å². The molecular formula is C14H24N2O2. The molecule has 0 bridgehead atoms. The van der Waals surface area contributed by atoms with Crippen LogP contribution in [0.5, 0.6) is 0 Å². The molecule has 0 aromatic heterocycles. The van der Waals surface area contributed by atoms with Crippen LogP contribution >= 0.6 is 0 Å². The predicted octanol–water partition coefficient (Wildman–Crippen LogP) is 1.28. The zero-order valence-corrected chi connectivity index (χ0v) is 11.5. The molecule has 4 nitrogen and oxygen atoms in total. The Balaban J connectivity index is 1.73. The Kier molecular flexibility index (Phi) is 4.78. The average Bonchev–Trinajstić information content (AvgIpc) is 2.82. The van der Waals surface area contributed by atoms with E-state index in [0.29, 0.717) is 6.10 Å². The molecule has 2 rings (SSSR count). The van der Waals surface area contributed by atoms with Gasteiger partial charge in [-0.25, -0.2) is 0 Å². The van der Waals surface area contributed by atoms with Crippen molar-refractivity contribution in [2.24, 2.45) is 0 Å². The first kappa shape index (κ1) is 13.6. The van der Waals surface area contributed by atoms with Gasteiger partial charge in [-0.3, -0.25) is 9.69 Å². The molecule has 0 spiro atoms. The van der Waals surface area contributed by atoms with Crippen LogP contribution in [0.3, 0.4) is 0 Å². The van der Waals surface area contributed by atoms with Crippen LogP contribution in [0.2, 0.25) is 0 Å². The van der Waals surface area contributed by atoms with Crippen LogP contribution in [0.25, 0.3) is 0 Å². The topological polar surface area (TPSA) is 32.8 Å². The Morgan fingerprint density at radius 1 is 1.28 bits per heavy atom. The molecule has 2 aliphatic rings.